The summed E-state index contributed by atoms with van der Waals surface area (Å²) in [5, 5.41) is 12.3. The topological polar surface area (TPSA) is 118 Å². The summed E-state index contributed by atoms with van der Waals surface area (Å²) in [6, 6.07) is 17.8. The van der Waals surface area contributed by atoms with Crippen molar-refractivity contribution >= 4 is 18.2 Å². The van der Waals surface area contributed by atoms with E-state index in [-0.39, 0.29) is 23.4 Å². The maximum absolute atomic E-state index is 13.0. The summed E-state index contributed by atoms with van der Waals surface area (Å²) in [7, 11) is 0. The summed E-state index contributed by atoms with van der Waals surface area (Å²) in [5.74, 6) is 1.08. The van der Waals surface area contributed by atoms with Crippen molar-refractivity contribution in [2.24, 2.45) is 0 Å². The molecule has 0 aliphatic rings. The summed E-state index contributed by atoms with van der Waals surface area (Å²) >= 11 is 0. The number of aromatic nitrogens is 4. The van der Waals surface area contributed by atoms with Crippen LogP contribution in [0.15, 0.2) is 53.3 Å². The van der Waals surface area contributed by atoms with Gasteiger partial charge in [0, 0.05) is 12.0 Å². The number of hydrogen-bond donors (Lipinski definition) is 1. The Morgan fingerprint density at radius 3 is 2.48 bits per heavy atom. The Morgan fingerprint density at radius 2 is 1.81 bits per heavy atom. The number of nitrogens with one attached hydrogen (secondary N) is 1. The summed E-state index contributed by atoms with van der Waals surface area (Å²) in [5.41, 5.74) is 4.96. The Bertz CT molecular complexity index is 1290. The van der Waals surface area contributed by atoms with Gasteiger partial charge in [-0.3, -0.25) is 9.89 Å². The van der Waals surface area contributed by atoms with Crippen molar-refractivity contribution in [2.75, 3.05) is 0 Å². The van der Waals surface area contributed by atoms with Crippen molar-refractivity contribution in [1.29, 1.82) is 5.26 Å². The number of benzene rings is 2. The zero-order valence-electron chi connectivity index (χ0n) is 17.3. The van der Waals surface area contributed by atoms with Gasteiger partial charge in [-0.2, -0.15) is 14.8 Å². The molecule has 0 bridgehead atoms. The number of aryl methyl sites for hydroxylation is 2. The Labute approximate surface area is 186 Å². The van der Waals surface area contributed by atoms with E-state index in [4.69, 9.17) is 0 Å². The molecule has 0 aliphatic heterocycles. The monoisotopic (exact) mass is 437 g/mol. The number of halogens is 1. The third kappa shape index (κ3) is 4.66. The molecule has 7 nitrogen and oxygen atoms in total. The van der Waals surface area contributed by atoms with Crippen molar-refractivity contribution in [3.63, 3.8) is 0 Å². The van der Waals surface area contributed by atoms with Crippen molar-refractivity contribution in [1.82, 2.24) is 19.6 Å². The van der Waals surface area contributed by atoms with E-state index in [9.17, 15) is 10.1 Å². The number of fused-ring (bicyclic) bond motifs is 1. The van der Waals surface area contributed by atoms with Gasteiger partial charge in [-0.25, -0.2) is 4.98 Å². The molecule has 0 radical (unpaired) electrons. The van der Waals surface area contributed by atoms with E-state index in [1.54, 1.807) is 0 Å². The largest absolute Gasteiger partial charge is 0.412 e. The van der Waals surface area contributed by atoms with Crippen LogP contribution in [0, 0.1) is 18.3 Å². The van der Waals surface area contributed by atoms with Crippen LogP contribution >= 0.6 is 12.4 Å². The summed E-state index contributed by atoms with van der Waals surface area (Å²) in [6.45, 7) is 3.88. The molecule has 4 rings (SSSR count). The Kier molecular flexibility index (Phi) is 7.70. The molecule has 2 aromatic heterocycles. The lowest BCUT2D eigenvalue weighted by atomic mass is 9.97. The molecular formula is C23H24ClN5O2. The minimum atomic E-state index is -0.0991. The molecule has 2 heterocycles. The van der Waals surface area contributed by atoms with Crippen molar-refractivity contribution in [3.05, 3.63) is 87.1 Å². The predicted molar refractivity (Wildman–Crippen MR) is 123 cm³/mol. The summed E-state index contributed by atoms with van der Waals surface area (Å²) < 4.78 is 1.42. The van der Waals surface area contributed by atoms with Crippen molar-refractivity contribution < 1.29 is 5.48 Å². The standard InChI is InChI=1S/C23H21N5O.ClH.H2O/c1-3-6-21-20(22(29)28-23(26-21)25-15(2)27-28)13-16-9-11-17(12-10-16)19-8-5-4-7-18(19)14-24;;/h4-5,7-12H,3,6,13H2,1-2H3,(H,25,26,27);1H;1H2. The highest BCUT2D eigenvalue weighted by Crippen LogP contribution is 2.24. The molecule has 0 fully saturated rings. The van der Waals surface area contributed by atoms with Crippen LogP contribution in [-0.2, 0) is 12.8 Å². The van der Waals surface area contributed by atoms with Crippen LogP contribution in [0.2, 0.25) is 0 Å². The lowest BCUT2D eigenvalue weighted by molar-refractivity contribution is 0.804. The van der Waals surface area contributed by atoms with Gasteiger partial charge >= 0.3 is 0 Å². The van der Waals surface area contributed by atoms with Crippen LogP contribution in [0.1, 0.15) is 41.6 Å². The number of nitriles is 1. The second-order valence-electron chi connectivity index (χ2n) is 7.07. The summed E-state index contributed by atoms with van der Waals surface area (Å²) in [4.78, 5) is 21.9. The molecule has 0 unspecified atom stereocenters. The second kappa shape index (κ2) is 10.0. The first kappa shape index (κ1) is 23.8. The van der Waals surface area contributed by atoms with Gasteiger partial charge in [-0.05, 0) is 36.1 Å². The molecule has 0 saturated heterocycles. The lowest BCUT2D eigenvalue weighted by Gasteiger charge is -2.09. The third-order valence-corrected chi connectivity index (χ3v) is 4.97. The quantitative estimate of drug-likeness (QED) is 0.514. The second-order valence-corrected chi connectivity index (χ2v) is 7.07. The number of nitrogens with zero attached hydrogens (tertiary/aromatic N) is 4. The van der Waals surface area contributed by atoms with Gasteiger partial charge in [-0.15, -0.1) is 12.4 Å². The van der Waals surface area contributed by atoms with Gasteiger partial charge in [0.1, 0.15) is 5.82 Å². The molecular weight excluding hydrogens is 414 g/mol. The highest BCUT2D eigenvalue weighted by molar-refractivity contribution is 5.85. The molecule has 0 saturated carbocycles. The minimum absolute atomic E-state index is 0. The molecule has 0 atom stereocenters. The molecule has 160 valence electrons. The maximum atomic E-state index is 13.0. The zero-order chi connectivity index (χ0) is 20.4. The summed E-state index contributed by atoms with van der Waals surface area (Å²) in [6.07, 6.45) is 2.14. The van der Waals surface area contributed by atoms with E-state index in [0.717, 1.165) is 35.2 Å². The van der Waals surface area contributed by atoms with Gasteiger partial charge < -0.3 is 5.48 Å². The molecule has 0 amide bonds. The van der Waals surface area contributed by atoms with E-state index >= 15 is 0 Å². The molecule has 31 heavy (non-hydrogen) atoms. The highest BCUT2D eigenvalue weighted by atomic mass is 35.5. The minimum Gasteiger partial charge on any atom is -0.412 e. The van der Waals surface area contributed by atoms with Crippen LogP contribution in [0.3, 0.4) is 0 Å². The van der Waals surface area contributed by atoms with Crippen LogP contribution in [0.4, 0.5) is 0 Å². The normalized spacial score (nSPS) is 10.2. The van der Waals surface area contributed by atoms with E-state index in [1.807, 2.05) is 55.5 Å². The van der Waals surface area contributed by atoms with Gasteiger partial charge in [-0.1, -0.05) is 55.8 Å². The fourth-order valence-corrected chi connectivity index (χ4v) is 3.56. The van der Waals surface area contributed by atoms with Gasteiger partial charge in [0.25, 0.3) is 11.3 Å². The van der Waals surface area contributed by atoms with E-state index in [2.05, 4.69) is 28.1 Å². The third-order valence-electron chi connectivity index (χ3n) is 4.97. The van der Waals surface area contributed by atoms with Crippen molar-refractivity contribution in [2.45, 2.75) is 33.1 Å². The average Bonchev–Trinajstić information content (AvgIpc) is 3.12. The first-order valence-electron chi connectivity index (χ1n) is 9.66. The van der Waals surface area contributed by atoms with Crippen molar-refractivity contribution in [3.8, 4) is 17.2 Å². The smallest absolute Gasteiger partial charge is 0.277 e. The number of hydrogen-bond acceptors (Lipinski definition) is 4. The number of aromatic amines is 1. The Balaban J connectivity index is 0.00000171. The Morgan fingerprint density at radius 1 is 1.10 bits per heavy atom. The van der Waals surface area contributed by atoms with Crippen LogP contribution in [0.5, 0.6) is 0 Å². The van der Waals surface area contributed by atoms with E-state index in [1.165, 1.54) is 4.52 Å². The Hall–Kier alpha value is -3.47. The average molecular weight is 438 g/mol. The molecule has 8 heteroatoms. The zero-order valence-corrected chi connectivity index (χ0v) is 18.2. The molecule has 2 aromatic carbocycles. The lowest BCUT2D eigenvalue weighted by Crippen LogP contribution is -2.23. The fraction of sp³-hybridized carbons (Fsp3) is 0.217. The van der Waals surface area contributed by atoms with Gasteiger partial charge in [0.15, 0.2) is 0 Å². The maximum Gasteiger partial charge on any atom is 0.277 e. The van der Waals surface area contributed by atoms with Gasteiger partial charge in [0.05, 0.1) is 17.3 Å². The van der Waals surface area contributed by atoms with Gasteiger partial charge in [0.2, 0.25) is 0 Å². The molecule has 3 N–H and O–H groups in total. The molecule has 4 aromatic rings. The highest BCUT2D eigenvalue weighted by Gasteiger charge is 2.15. The van der Waals surface area contributed by atoms with E-state index in [0.29, 0.717) is 29.1 Å². The number of rotatable bonds is 5. The molecule has 0 spiro atoms. The van der Waals surface area contributed by atoms with Crippen LogP contribution < -0.4 is 5.56 Å². The number of H-pyrrole nitrogens is 1. The first-order chi connectivity index (χ1) is 14.1. The SMILES string of the molecule is CCCc1nc2nc(C)[nH]n2c(=O)c1Cc1ccc(-c2ccccc2C#N)cc1.Cl.O. The first-order valence-corrected chi connectivity index (χ1v) is 9.66. The fourth-order valence-electron chi connectivity index (χ4n) is 3.56. The van der Waals surface area contributed by atoms with Crippen LogP contribution in [-0.4, -0.2) is 25.1 Å². The van der Waals surface area contributed by atoms with Crippen LogP contribution in [0.25, 0.3) is 16.9 Å². The molecule has 0 aliphatic carbocycles. The predicted octanol–water partition coefficient (Wildman–Crippen LogP) is 3.41. The van der Waals surface area contributed by atoms with E-state index < -0.39 is 0 Å².